The molecule has 1 fully saturated rings. The number of sulfonamides is 1. The van der Waals surface area contributed by atoms with Gasteiger partial charge in [0, 0.05) is 61.5 Å². The second-order valence-corrected chi connectivity index (χ2v) is 11.4. The summed E-state index contributed by atoms with van der Waals surface area (Å²) in [7, 11) is -3.68. The average Bonchev–Trinajstić information content (AvgIpc) is 3.53. The number of hydrogen-bond acceptors (Lipinski definition) is 6. The molecule has 3 heterocycles. The largest absolute Gasteiger partial charge is 0.368 e. The van der Waals surface area contributed by atoms with E-state index in [0.29, 0.717) is 24.8 Å². The first kappa shape index (κ1) is 23.5. The molecule has 35 heavy (non-hydrogen) atoms. The van der Waals surface area contributed by atoms with Gasteiger partial charge < -0.3 is 9.80 Å². The maximum atomic E-state index is 13.4. The highest BCUT2D eigenvalue weighted by atomic mass is 32.2. The number of benzene rings is 2. The van der Waals surface area contributed by atoms with Gasteiger partial charge in [0.1, 0.15) is 0 Å². The molecule has 1 N–H and O–H groups in total. The van der Waals surface area contributed by atoms with Crippen LogP contribution in [0.5, 0.6) is 0 Å². The Morgan fingerprint density at radius 2 is 1.94 bits per heavy atom. The molecule has 1 amide bonds. The van der Waals surface area contributed by atoms with Crippen molar-refractivity contribution in [2.45, 2.75) is 37.2 Å². The third kappa shape index (κ3) is 4.68. The molecule has 2 aromatic carbocycles. The Morgan fingerprint density at radius 3 is 2.66 bits per heavy atom. The zero-order valence-corrected chi connectivity index (χ0v) is 21.3. The highest BCUT2D eigenvalue weighted by Gasteiger charge is 2.37. The molecule has 1 unspecified atom stereocenters. The van der Waals surface area contributed by atoms with Crippen LogP contribution in [0.2, 0.25) is 0 Å². The van der Waals surface area contributed by atoms with Crippen LogP contribution in [-0.4, -0.2) is 66.7 Å². The van der Waals surface area contributed by atoms with Crippen molar-refractivity contribution in [1.82, 2.24) is 9.88 Å². The number of amides is 1. The quantitative estimate of drug-likeness (QED) is 0.514. The number of aromatic nitrogens is 1. The highest BCUT2D eigenvalue weighted by molar-refractivity contribution is 7.93. The zero-order valence-electron chi connectivity index (χ0n) is 19.7. The van der Waals surface area contributed by atoms with Gasteiger partial charge in [-0.25, -0.2) is 13.4 Å². The molecule has 1 saturated heterocycles. The van der Waals surface area contributed by atoms with Crippen LogP contribution in [-0.2, 0) is 21.2 Å². The van der Waals surface area contributed by atoms with Crippen molar-refractivity contribution in [3.05, 3.63) is 65.7 Å². The van der Waals surface area contributed by atoms with Gasteiger partial charge in [-0.2, -0.15) is 4.58 Å². The normalized spacial score (nSPS) is 18.7. The summed E-state index contributed by atoms with van der Waals surface area (Å²) in [5.41, 5.74) is 3.29. The summed E-state index contributed by atoms with van der Waals surface area (Å²) in [4.78, 5) is 21.7. The predicted molar refractivity (Wildman–Crippen MR) is 138 cm³/mol. The van der Waals surface area contributed by atoms with Gasteiger partial charge in [0.15, 0.2) is 11.3 Å². The summed E-state index contributed by atoms with van der Waals surface area (Å²) in [5.74, 6) is 0.125. The van der Waals surface area contributed by atoms with E-state index >= 15 is 0 Å². The van der Waals surface area contributed by atoms with E-state index in [4.69, 9.17) is 0 Å². The Kier molecular flexibility index (Phi) is 6.33. The molecule has 8 nitrogen and oxygen atoms in total. The summed E-state index contributed by atoms with van der Waals surface area (Å²) in [6, 6.07) is 14.8. The molecule has 0 saturated carbocycles. The molecule has 0 bridgehead atoms. The Morgan fingerprint density at radius 1 is 1.17 bits per heavy atom. The van der Waals surface area contributed by atoms with Crippen LogP contribution in [0, 0.1) is 0 Å². The number of hydrogen-bond donors (Lipinski definition) is 1. The number of carbonyl (C=O) groups is 1. The molecule has 0 radical (unpaired) electrons. The van der Waals surface area contributed by atoms with Gasteiger partial charge in [-0.05, 0) is 31.2 Å². The van der Waals surface area contributed by atoms with E-state index in [0.717, 1.165) is 17.8 Å². The fraction of sp³-hybridized carbons (Fsp3) is 0.320. The number of carbonyl (C=O) groups excluding carboxylic acids is 1. The SMILES string of the molecule is CC1CN(c2ccc(S(=O)(=O)Nc3nccs3)cc2)CCN1C(=O)[C@@H](C)[N+]1=CCc2ccccc21. The highest BCUT2D eigenvalue weighted by Crippen LogP contribution is 2.27. The van der Waals surface area contributed by atoms with Crippen molar-refractivity contribution in [3.63, 3.8) is 0 Å². The van der Waals surface area contributed by atoms with E-state index in [1.54, 1.807) is 23.7 Å². The van der Waals surface area contributed by atoms with Crippen LogP contribution in [0.3, 0.4) is 0 Å². The van der Waals surface area contributed by atoms with E-state index in [9.17, 15) is 13.2 Å². The first-order chi connectivity index (χ1) is 16.8. The van der Waals surface area contributed by atoms with Gasteiger partial charge >= 0.3 is 0 Å². The van der Waals surface area contributed by atoms with E-state index in [2.05, 4.69) is 44.5 Å². The van der Waals surface area contributed by atoms with Gasteiger partial charge in [-0.1, -0.05) is 18.2 Å². The van der Waals surface area contributed by atoms with Gasteiger partial charge in [-0.15, -0.1) is 11.3 Å². The summed E-state index contributed by atoms with van der Waals surface area (Å²) in [6.07, 6.45) is 4.51. The van der Waals surface area contributed by atoms with Crippen LogP contribution in [0.1, 0.15) is 19.4 Å². The summed E-state index contributed by atoms with van der Waals surface area (Å²) in [6.45, 7) is 6.02. The monoisotopic (exact) mass is 510 g/mol. The van der Waals surface area contributed by atoms with Crippen molar-refractivity contribution in [1.29, 1.82) is 0 Å². The number of nitrogens with one attached hydrogen (secondary N) is 1. The third-order valence-electron chi connectivity index (χ3n) is 6.63. The molecule has 3 aromatic rings. The molecule has 2 aliphatic heterocycles. The second-order valence-electron chi connectivity index (χ2n) is 8.86. The first-order valence-electron chi connectivity index (χ1n) is 11.6. The summed E-state index contributed by atoms with van der Waals surface area (Å²) >= 11 is 1.23. The fourth-order valence-electron chi connectivity index (χ4n) is 4.76. The fourth-order valence-corrected chi connectivity index (χ4v) is 6.55. The molecular weight excluding hydrogens is 482 g/mol. The molecule has 5 rings (SSSR count). The van der Waals surface area contributed by atoms with Crippen LogP contribution in [0.25, 0.3) is 0 Å². The number of thiazole rings is 1. The predicted octanol–water partition coefficient (Wildman–Crippen LogP) is 3.34. The number of nitrogens with zero attached hydrogens (tertiary/aromatic N) is 4. The molecule has 0 aliphatic carbocycles. The van der Waals surface area contributed by atoms with E-state index in [1.165, 1.54) is 16.9 Å². The van der Waals surface area contributed by atoms with Gasteiger partial charge in [0.25, 0.3) is 15.9 Å². The molecule has 10 heteroatoms. The summed E-state index contributed by atoms with van der Waals surface area (Å²) in [5, 5.41) is 2.06. The minimum absolute atomic E-state index is 0.0338. The topological polar surface area (TPSA) is 85.6 Å². The minimum Gasteiger partial charge on any atom is -0.368 e. The lowest BCUT2D eigenvalue weighted by Crippen LogP contribution is -2.57. The van der Waals surface area contributed by atoms with Gasteiger partial charge in [0.2, 0.25) is 11.7 Å². The lowest BCUT2D eigenvalue weighted by Gasteiger charge is -2.41. The standard InChI is InChI=1S/C25H28N5O3S2/c1-18-17-28(21-7-9-22(10-8-21)35(32,33)27-25-26-12-16-34-25)14-15-29(18)24(31)19(2)30-13-11-20-5-3-4-6-23(20)30/h3-10,12-13,16,18-19H,11,14-15,17H2,1-2H3,(H,26,27)/q+1/t18?,19-/m1/s1. The number of rotatable bonds is 6. The lowest BCUT2D eigenvalue weighted by molar-refractivity contribution is -0.460. The smallest absolute Gasteiger partial charge is 0.291 e. The lowest BCUT2D eigenvalue weighted by atomic mass is 10.1. The Balaban J connectivity index is 1.23. The van der Waals surface area contributed by atoms with E-state index < -0.39 is 10.0 Å². The maximum Gasteiger partial charge on any atom is 0.291 e. The third-order valence-corrected chi connectivity index (χ3v) is 8.80. The molecule has 0 spiro atoms. The Labute approximate surface area is 209 Å². The number of para-hydroxylation sites is 1. The molecule has 1 aromatic heterocycles. The Bertz CT molecular complexity index is 1350. The van der Waals surface area contributed by atoms with E-state index in [1.807, 2.05) is 36.1 Å². The second kappa shape index (κ2) is 9.43. The van der Waals surface area contributed by atoms with Crippen molar-refractivity contribution >= 4 is 50.0 Å². The van der Waals surface area contributed by atoms with Crippen molar-refractivity contribution in [2.75, 3.05) is 29.3 Å². The molecule has 182 valence electrons. The molecule has 2 aliphatic rings. The van der Waals surface area contributed by atoms with Crippen LogP contribution < -0.4 is 9.62 Å². The van der Waals surface area contributed by atoms with Crippen LogP contribution >= 0.6 is 11.3 Å². The zero-order chi connectivity index (χ0) is 24.6. The Hall–Kier alpha value is -3.24. The number of fused-ring (bicyclic) bond motifs is 1. The van der Waals surface area contributed by atoms with Crippen LogP contribution in [0.15, 0.2) is 65.0 Å². The summed E-state index contributed by atoms with van der Waals surface area (Å²) < 4.78 is 29.8. The number of piperazine rings is 1. The average molecular weight is 511 g/mol. The molecule has 2 atom stereocenters. The van der Waals surface area contributed by atoms with Gasteiger partial charge in [0.05, 0.1) is 11.3 Å². The van der Waals surface area contributed by atoms with Crippen molar-refractivity contribution in [3.8, 4) is 0 Å². The molecular formula is C25H28N5O3S2+. The van der Waals surface area contributed by atoms with Gasteiger partial charge in [-0.3, -0.25) is 9.52 Å². The number of anilines is 2. The maximum absolute atomic E-state index is 13.4. The van der Waals surface area contributed by atoms with Crippen molar-refractivity contribution in [2.24, 2.45) is 0 Å². The first-order valence-corrected chi connectivity index (χ1v) is 14.0. The van der Waals surface area contributed by atoms with Crippen LogP contribution in [0.4, 0.5) is 16.5 Å². The van der Waals surface area contributed by atoms with E-state index in [-0.39, 0.29) is 22.9 Å². The minimum atomic E-state index is -3.68. The van der Waals surface area contributed by atoms with Crippen molar-refractivity contribution < 1.29 is 17.8 Å².